The van der Waals surface area contributed by atoms with Gasteiger partial charge >= 0.3 is 0 Å². The average molecular weight is 351 g/mol. The van der Waals surface area contributed by atoms with Gasteiger partial charge in [0.1, 0.15) is 5.75 Å². The summed E-state index contributed by atoms with van der Waals surface area (Å²) >= 11 is 0. The number of rotatable bonds is 3. The highest BCUT2D eigenvalue weighted by molar-refractivity contribution is 5.87. The Morgan fingerprint density at radius 3 is 1.96 bits per heavy atom. The van der Waals surface area contributed by atoms with Crippen molar-refractivity contribution in [1.82, 2.24) is 0 Å². The number of anilines is 2. The molecule has 3 heteroatoms. The molecule has 0 amide bonds. The minimum absolute atomic E-state index is 0.0434. The van der Waals surface area contributed by atoms with Crippen LogP contribution in [0, 0.1) is 11.8 Å². The van der Waals surface area contributed by atoms with Crippen molar-refractivity contribution in [3.63, 3.8) is 0 Å². The highest BCUT2D eigenvalue weighted by Gasteiger charge is 2.29. The number of nitrogens with two attached hydrogens (primary N) is 2. The first-order valence-corrected chi connectivity index (χ1v) is 10.1. The molecule has 0 radical (unpaired) electrons. The summed E-state index contributed by atoms with van der Waals surface area (Å²) in [4.78, 5) is 0. The molecule has 26 heavy (non-hydrogen) atoms. The van der Waals surface area contributed by atoms with Gasteiger partial charge in [-0.25, -0.2) is 0 Å². The van der Waals surface area contributed by atoms with Crippen molar-refractivity contribution < 1.29 is 5.11 Å². The molecule has 2 aromatic carbocycles. The Hall–Kier alpha value is -2.16. The first-order valence-electron chi connectivity index (χ1n) is 10.1. The number of hydrogen-bond acceptors (Lipinski definition) is 3. The van der Waals surface area contributed by atoms with Crippen LogP contribution in [0.25, 0.3) is 11.1 Å². The van der Waals surface area contributed by atoms with E-state index in [1.54, 1.807) is 6.07 Å². The molecule has 5 N–H and O–H groups in total. The number of nitrogen functional groups attached to an aromatic ring is 2. The summed E-state index contributed by atoms with van der Waals surface area (Å²) in [5, 5.41) is 9.68. The van der Waals surface area contributed by atoms with Crippen LogP contribution < -0.4 is 11.5 Å². The molecule has 138 valence electrons. The molecule has 0 atom stereocenters. The molecule has 4 rings (SSSR count). The van der Waals surface area contributed by atoms with Crippen LogP contribution in [0.3, 0.4) is 0 Å². The van der Waals surface area contributed by atoms with Crippen LogP contribution in [0.1, 0.15) is 62.8 Å². The second kappa shape index (κ2) is 7.22. The van der Waals surface area contributed by atoms with Gasteiger partial charge in [-0.15, -0.1) is 0 Å². The highest BCUT2D eigenvalue weighted by atomic mass is 16.3. The normalized spacial score (nSPS) is 24.0. The predicted octanol–water partition coefficient (Wildman–Crippen LogP) is 5.69. The molecule has 2 fully saturated rings. The molecule has 2 aromatic rings. The summed E-state index contributed by atoms with van der Waals surface area (Å²) in [7, 11) is 0. The lowest BCUT2D eigenvalue weighted by Crippen LogP contribution is -2.19. The van der Waals surface area contributed by atoms with Gasteiger partial charge < -0.3 is 16.6 Å². The van der Waals surface area contributed by atoms with Gasteiger partial charge in [-0.3, -0.25) is 0 Å². The van der Waals surface area contributed by atoms with E-state index in [2.05, 4.69) is 24.3 Å². The average Bonchev–Trinajstić information content (AvgIpc) is 3.22. The third-order valence-electron chi connectivity index (χ3n) is 6.80. The second-order valence-electron chi connectivity index (χ2n) is 8.24. The molecule has 0 aromatic heterocycles. The Morgan fingerprint density at radius 2 is 1.31 bits per heavy atom. The Labute approximate surface area is 156 Å². The van der Waals surface area contributed by atoms with E-state index in [1.807, 2.05) is 6.07 Å². The summed E-state index contributed by atoms with van der Waals surface area (Å²) in [6, 6.07) is 12.2. The molecule has 0 unspecified atom stereocenters. The van der Waals surface area contributed by atoms with E-state index >= 15 is 0 Å². The van der Waals surface area contributed by atoms with Crippen LogP contribution in [0.15, 0.2) is 36.4 Å². The zero-order valence-electron chi connectivity index (χ0n) is 15.5. The summed E-state index contributed by atoms with van der Waals surface area (Å²) in [5.41, 5.74) is 16.0. The molecule has 3 nitrogen and oxygen atoms in total. The van der Waals surface area contributed by atoms with Gasteiger partial charge in [0.05, 0.1) is 11.4 Å². The van der Waals surface area contributed by atoms with Crippen LogP contribution in [0.4, 0.5) is 11.4 Å². The summed E-state index contributed by atoms with van der Waals surface area (Å²) in [5.74, 6) is 2.74. The van der Waals surface area contributed by atoms with Crippen LogP contribution in [0.5, 0.6) is 5.75 Å². The van der Waals surface area contributed by atoms with Crippen LogP contribution >= 0.6 is 0 Å². The molecule has 2 saturated carbocycles. The molecule has 0 saturated heterocycles. The summed E-state index contributed by atoms with van der Waals surface area (Å²) < 4.78 is 0. The van der Waals surface area contributed by atoms with Crippen molar-refractivity contribution in [2.24, 2.45) is 11.8 Å². The largest absolute Gasteiger partial charge is 0.506 e. The van der Waals surface area contributed by atoms with Crippen molar-refractivity contribution in [2.45, 2.75) is 57.3 Å². The van der Waals surface area contributed by atoms with E-state index in [-0.39, 0.29) is 11.4 Å². The van der Waals surface area contributed by atoms with Crippen molar-refractivity contribution in [1.29, 1.82) is 0 Å². The van der Waals surface area contributed by atoms with Gasteiger partial charge in [0.2, 0.25) is 0 Å². The predicted molar refractivity (Wildman–Crippen MR) is 109 cm³/mol. The minimum atomic E-state index is 0.0434. The zero-order chi connectivity index (χ0) is 18.1. The second-order valence-corrected chi connectivity index (χ2v) is 8.24. The molecule has 2 aliphatic carbocycles. The maximum atomic E-state index is 9.68. The van der Waals surface area contributed by atoms with Crippen molar-refractivity contribution >= 4 is 11.4 Å². The van der Waals surface area contributed by atoms with Gasteiger partial charge in [-0.2, -0.15) is 0 Å². The quantitative estimate of drug-likeness (QED) is 0.492. The van der Waals surface area contributed by atoms with Gasteiger partial charge in [-0.05, 0) is 66.7 Å². The molecule has 0 heterocycles. The Morgan fingerprint density at radius 1 is 0.692 bits per heavy atom. The maximum Gasteiger partial charge on any atom is 0.140 e. The van der Waals surface area contributed by atoms with Gasteiger partial charge in [-0.1, -0.05) is 49.9 Å². The van der Waals surface area contributed by atoms with Crippen LogP contribution in [-0.4, -0.2) is 5.11 Å². The SMILES string of the molecule is Nc1c(O)ccc(-c2ccc(C3CCC(C4CCCC4)CC3)cc2)c1N. The van der Waals surface area contributed by atoms with Crippen molar-refractivity contribution in [2.75, 3.05) is 11.5 Å². The van der Waals surface area contributed by atoms with E-state index in [1.165, 1.54) is 56.9 Å². The number of phenolic OH excluding ortho intramolecular Hbond substituents is 1. The smallest absolute Gasteiger partial charge is 0.140 e. The molecular formula is C23H30N2O. The number of hydrogen-bond donors (Lipinski definition) is 3. The van der Waals surface area contributed by atoms with Crippen LogP contribution in [0.2, 0.25) is 0 Å². The van der Waals surface area contributed by atoms with Crippen LogP contribution in [-0.2, 0) is 0 Å². The van der Waals surface area contributed by atoms with Gasteiger partial charge in [0, 0.05) is 5.56 Å². The van der Waals surface area contributed by atoms with Gasteiger partial charge in [0.15, 0.2) is 0 Å². The van der Waals surface area contributed by atoms with E-state index < -0.39 is 0 Å². The van der Waals surface area contributed by atoms with Crippen molar-refractivity contribution in [3.05, 3.63) is 42.0 Å². The highest BCUT2D eigenvalue weighted by Crippen LogP contribution is 2.44. The van der Waals surface area contributed by atoms with Crippen molar-refractivity contribution in [3.8, 4) is 16.9 Å². The third kappa shape index (κ3) is 3.27. The molecule has 0 bridgehead atoms. The molecular weight excluding hydrogens is 320 g/mol. The minimum Gasteiger partial charge on any atom is -0.506 e. The molecule has 0 aliphatic heterocycles. The standard InChI is InChI=1S/C23H30N2O/c24-22-20(13-14-21(26)23(22)25)19-11-9-18(10-12-19)17-7-5-16(6-8-17)15-3-1-2-4-15/h9-17,26H,1-8,24-25H2. The summed E-state index contributed by atoms with van der Waals surface area (Å²) in [6.07, 6.45) is 11.3. The van der Waals surface area contributed by atoms with E-state index in [0.717, 1.165) is 23.0 Å². The lowest BCUT2D eigenvalue weighted by molar-refractivity contribution is 0.235. The zero-order valence-corrected chi connectivity index (χ0v) is 15.5. The van der Waals surface area contributed by atoms with E-state index in [9.17, 15) is 5.11 Å². The number of benzene rings is 2. The third-order valence-corrected chi connectivity index (χ3v) is 6.80. The molecule has 0 spiro atoms. The number of aromatic hydroxyl groups is 1. The summed E-state index contributed by atoms with van der Waals surface area (Å²) in [6.45, 7) is 0. The monoisotopic (exact) mass is 350 g/mol. The lowest BCUT2D eigenvalue weighted by atomic mass is 9.73. The topological polar surface area (TPSA) is 72.3 Å². The Bertz CT molecular complexity index is 755. The fourth-order valence-corrected chi connectivity index (χ4v) is 5.16. The Balaban J connectivity index is 1.44. The first kappa shape index (κ1) is 17.3. The Kier molecular flexibility index (Phi) is 4.80. The maximum absolute atomic E-state index is 9.68. The van der Waals surface area contributed by atoms with E-state index in [0.29, 0.717) is 11.6 Å². The lowest BCUT2D eigenvalue weighted by Gasteiger charge is -2.32. The number of phenols is 1. The fraction of sp³-hybridized carbons (Fsp3) is 0.478. The fourth-order valence-electron chi connectivity index (χ4n) is 5.16. The van der Waals surface area contributed by atoms with Gasteiger partial charge in [0.25, 0.3) is 0 Å². The van der Waals surface area contributed by atoms with E-state index in [4.69, 9.17) is 11.5 Å². The molecule has 2 aliphatic rings. The first-order chi connectivity index (χ1) is 12.6.